The molecule has 12 heterocycles. The molecule has 0 bridgehead atoms. The maximum atomic E-state index is 14.6. The van der Waals surface area contributed by atoms with E-state index in [9.17, 15) is 55.1 Å². The molecule has 6 aromatic heterocycles. The fourth-order valence-electron chi connectivity index (χ4n) is 18.4. The molecule has 0 unspecified atom stereocenters. The SMILES string of the molecule is CC(C)(C)[Si](OCC1CCN(C(=O)Cl)CC1)(c1ccccc1)c1ccccc1.CC(C)(C)[Si](OCC1CCN(C(=O)N2CCn3cc(C4=C(c5cnc6ccccn56)C(=O)NC4=O)c4cc(C(F)(F)F)cc(c43)C2)CC1)(c1ccccc1)c1ccccc1.O=C1NC(=O)C(c2cnc3ccccn23)=C1c1cn2c3c(cc(C(F)(F)F)cc13)CNCC2. The summed E-state index contributed by atoms with van der Waals surface area (Å²) in [6.07, 6.45) is 3.78. The van der Waals surface area contributed by atoms with Crippen LogP contribution in [0.3, 0.4) is 0 Å². The monoisotopic (exact) mass is 1700 g/mol. The molecule has 6 aliphatic heterocycles. The van der Waals surface area contributed by atoms with E-state index in [1.807, 2.05) is 16.7 Å². The highest BCUT2D eigenvalue weighted by atomic mass is 35.5. The van der Waals surface area contributed by atoms with Crippen LogP contribution in [-0.2, 0) is 66.6 Å². The van der Waals surface area contributed by atoms with Gasteiger partial charge in [0, 0.05) is 125 Å². The van der Waals surface area contributed by atoms with Gasteiger partial charge < -0.3 is 38.0 Å². The van der Waals surface area contributed by atoms with Crippen LogP contribution in [0.1, 0.15) is 112 Å². The highest BCUT2D eigenvalue weighted by Crippen LogP contribution is 2.46. The first-order chi connectivity index (χ1) is 57.9. The minimum Gasteiger partial charge on any atom is -0.407 e. The largest absolute Gasteiger partial charge is 0.416 e. The number of hydrogen-bond acceptors (Lipinski definition) is 11. The predicted molar refractivity (Wildman–Crippen MR) is 459 cm³/mol. The summed E-state index contributed by atoms with van der Waals surface area (Å²) in [6, 6.07) is 57.2. The van der Waals surface area contributed by atoms with Gasteiger partial charge in [0.05, 0.1) is 68.2 Å². The molecule has 2 saturated heterocycles. The number of piperidine rings is 2. The Labute approximate surface area is 702 Å². The number of urea groups is 1. The normalized spacial score (nSPS) is 16.7. The molecular weight excluding hydrogens is 1610 g/mol. The predicted octanol–water partition coefficient (Wildman–Crippen LogP) is 14.7. The molecule has 6 aliphatic rings. The van der Waals surface area contributed by atoms with Crippen molar-refractivity contribution in [2.24, 2.45) is 11.8 Å². The number of hydrogen-bond donors (Lipinski definition) is 3. The average Bonchev–Trinajstić information content (AvgIpc) is 1.72. The molecule has 0 aliphatic carbocycles. The summed E-state index contributed by atoms with van der Waals surface area (Å²) < 4.78 is 106. The third-order valence-electron chi connectivity index (χ3n) is 24.2. The van der Waals surface area contributed by atoms with Crippen molar-refractivity contribution in [2.75, 3.05) is 52.5 Å². The highest BCUT2D eigenvalue weighted by molar-refractivity contribution is 7.00. The molecule has 6 aromatic carbocycles. The van der Waals surface area contributed by atoms with Crippen molar-refractivity contribution >= 4 is 139 Å². The lowest BCUT2D eigenvalue weighted by Crippen LogP contribution is -2.67. The molecule has 0 atom stereocenters. The van der Waals surface area contributed by atoms with Crippen molar-refractivity contribution in [3.63, 3.8) is 0 Å². The van der Waals surface area contributed by atoms with Crippen LogP contribution >= 0.6 is 11.6 Å². The summed E-state index contributed by atoms with van der Waals surface area (Å²) in [5, 5.41) is 12.8. The number of likely N-dealkylation sites (tertiary alicyclic amines) is 2. The standard InChI is InChI=1S/C46H45F3N6O4Si.C23H30ClNO2Si.C23H16F3N5O2/c1-45(2,3)60(33-12-6-4-7-13-33,34-14-8-5-9-15-34)59-29-30-17-20-52(21-18-30)44(58)54-23-22-53-28-36(35-25-32(46(47,48)49)24-31(27-54)41(35)53)39-40(43(57)51-42(39)56)37-26-50-38-16-10-11-19-55(37)38;1-23(2,3)28(20-10-6-4-7-11-20,21-12-8-5-9-13-21)27-18-19-14-16-25(17-15-19)22(24)26;24-23(25,26)13-7-12-9-27-4-6-30-11-15(14(8-13)20(12)30)18-19(22(33)29-21(18)32)16-10-28-17-3-1-2-5-31(16)17/h4-16,19,24-26,28,30H,17-18,20-23,27,29H2,1-3H3,(H,51,56,57);4-13,19H,14-18H2,1-3H3;1-3,5,7-8,10-11,27H,4,6,9H2,(H,29,32,33). The Morgan fingerprint density at radius 3 is 1.25 bits per heavy atom. The van der Waals surface area contributed by atoms with E-state index in [2.05, 4.69) is 177 Å². The Morgan fingerprint density at radius 1 is 0.463 bits per heavy atom. The van der Waals surface area contributed by atoms with Gasteiger partial charge in [-0.3, -0.25) is 43.4 Å². The lowest BCUT2D eigenvalue weighted by Gasteiger charge is -2.44. The fraction of sp³-hybridized carbons (Fsp3) is 0.304. The molecule has 121 heavy (non-hydrogen) atoms. The molecule has 7 amide bonds. The number of amides is 7. The molecule has 20 nitrogen and oxygen atoms in total. The summed E-state index contributed by atoms with van der Waals surface area (Å²) in [5.41, 5.74) is 2.75. The number of aromatic nitrogens is 6. The van der Waals surface area contributed by atoms with Gasteiger partial charge in [0.2, 0.25) is 0 Å². The fourth-order valence-corrected chi connectivity index (χ4v) is 27.9. The van der Waals surface area contributed by atoms with Gasteiger partial charge in [-0.05, 0) is 140 Å². The van der Waals surface area contributed by atoms with Crippen LogP contribution < -0.4 is 36.7 Å². The average molecular weight is 1700 g/mol. The number of imidazole rings is 2. The summed E-state index contributed by atoms with van der Waals surface area (Å²) in [7, 11) is -5.21. The first kappa shape index (κ1) is 83.1. The molecule has 0 radical (unpaired) electrons. The molecule has 3 N–H and O–H groups in total. The lowest BCUT2D eigenvalue weighted by molar-refractivity contribution is -0.138. The van der Waals surface area contributed by atoms with E-state index in [4.69, 9.17) is 20.5 Å². The maximum absolute atomic E-state index is 14.6. The zero-order chi connectivity index (χ0) is 85.1. The second-order valence-corrected chi connectivity index (χ2v) is 42.6. The molecule has 2 fully saturated rings. The van der Waals surface area contributed by atoms with Gasteiger partial charge in [0.25, 0.3) is 40.3 Å². The van der Waals surface area contributed by atoms with Gasteiger partial charge in [0.15, 0.2) is 0 Å². The Kier molecular flexibility index (Phi) is 22.8. The Balaban J connectivity index is 0.000000150. The van der Waals surface area contributed by atoms with Crippen molar-refractivity contribution in [1.82, 2.24) is 58.6 Å². The number of imide groups is 2. The van der Waals surface area contributed by atoms with Crippen LogP contribution in [0.5, 0.6) is 0 Å². The Bertz CT molecular complexity index is 5980. The van der Waals surface area contributed by atoms with E-state index in [1.165, 1.54) is 33.1 Å². The molecular formula is C92H91ClF6N12O8Si2. The number of pyridine rings is 2. The zero-order valence-electron chi connectivity index (χ0n) is 67.7. The van der Waals surface area contributed by atoms with E-state index in [0.717, 1.165) is 69.6 Å². The van der Waals surface area contributed by atoms with Gasteiger partial charge in [-0.1, -0.05) is 175 Å². The number of fused-ring (bicyclic) bond motifs is 2. The van der Waals surface area contributed by atoms with Crippen molar-refractivity contribution in [2.45, 2.75) is 116 Å². The number of halogens is 7. The minimum absolute atomic E-state index is 0.0114. The molecule has 18 rings (SSSR count). The zero-order valence-corrected chi connectivity index (χ0v) is 70.4. The number of rotatable bonds is 14. The smallest absolute Gasteiger partial charge is 0.407 e. The Morgan fingerprint density at radius 2 is 0.843 bits per heavy atom. The minimum atomic E-state index is -4.71. The first-order valence-electron chi connectivity index (χ1n) is 40.6. The van der Waals surface area contributed by atoms with Crippen molar-refractivity contribution in [3.05, 3.63) is 264 Å². The molecule has 624 valence electrons. The van der Waals surface area contributed by atoms with Crippen molar-refractivity contribution in [1.29, 1.82) is 0 Å². The maximum Gasteiger partial charge on any atom is 0.416 e. The lowest BCUT2D eigenvalue weighted by atomic mass is 9.96. The van der Waals surface area contributed by atoms with Gasteiger partial charge >= 0.3 is 23.8 Å². The molecule has 29 heteroatoms. The number of benzene rings is 6. The van der Waals surface area contributed by atoms with Gasteiger partial charge in [-0.15, -0.1) is 0 Å². The summed E-state index contributed by atoms with van der Waals surface area (Å²) in [6.45, 7) is 19.2. The van der Waals surface area contributed by atoms with Gasteiger partial charge in [-0.2, -0.15) is 26.3 Å². The molecule has 0 spiro atoms. The van der Waals surface area contributed by atoms with Crippen LogP contribution in [0.25, 0.3) is 55.4 Å². The second kappa shape index (κ2) is 33.1. The molecule has 0 saturated carbocycles. The highest BCUT2D eigenvalue weighted by Gasteiger charge is 2.53. The van der Waals surface area contributed by atoms with Crippen LogP contribution in [0.2, 0.25) is 10.1 Å². The topological polar surface area (TPSA) is 211 Å². The molecule has 12 aromatic rings. The third kappa shape index (κ3) is 15.9. The van der Waals surface area contributed by atoms with Gasteiger partial charge in [0.1, 0.15) is 11.3 Å². The van der Waals surface area contributed by atoms with E-state index in [-0.39, 0.29) is 92.2 Å². The number of nitrogens with one attached hydrogen (secondary N) is 3. The quantitative estimate of drug-likeness (QED) is 0.0306. The first-order valence-corrected chi connectivity index (χ1v) is 44.8. The van der Waals surface area contributed by atoms with E-state index in [0.29, 0.717) is 89.1 Å². The number of carbonyl (C=O) groups is 6. The van der Waals surface area contributed by atoms with Gasteiger partial charge in [-0.25, -0.2) is 14.8 Å². The second-order valence-electron chi connectivity index (χ2n) is 33.7. The van der Waals surface area contributed by atoms with Crippen molar-refractivity contribution < 1.29 is 64.0 Å². The third-order valence-corrected chi connectivity index (χ3v) is 34.5. The Hall–Kier alpha value is -11.5. The van der Waals surface area contributed by atoms with E-state index >= 15 is 0 Å². The van der Waals surface area contributed by atoms with Crippen molar-refractivity contribution in [3.8, 4) is 0 Å². The van der Waals surface area contributed by atoms with Crippen LogP contribution in [0, 0.1) is 11.8 Å². The summed E-state index contributed by atoms with van der Waals surface area (Å²) in [4.78, 5) is 92.1. The van der Waals surface area contributed by atoms with Crippen LogP contribution in [-0.4, -0.2) is 147 Å². The van der Waals surface area contributed by atoms with E-state index < -0.39 is 63.7 Å². The number of nitrogens with zero attached hydrogens (tertiary/aromatic N) is 9. The number of carbonyl (C=O) groups excluding carboxylic acids is 6. The van der Waals surface area contributed by atoms with E-state index in [1.54, 1.807) is 89.3 Å². The van der Waals surface area contributed by atoms with Crippen LogP contribution in [0.15, 0.2) is 219 Å². The summed E-state index contributed by atoms with van der Waals surface area (Å²) >= 11 is 5.64. The van der Waals surface area contributed by atoms with Crippen LogP contribution in [0.4, 0.5) is 35.9 Å². The summed E-state index contributed by atoms with van der Waals surface area (Å²) in [5.74, 6) is -1.93. The number of alkyl halides is 6.